The van der Waals surface area contributed by atoms with Crippen molar-refractivity contribution in [2.75, 3.05) is 96.9 Å². The Bertz CT molecular complexity index is 4740. The number of aromatic hydroxyl groups is 2. The van der Waals surface area contributed by atoms with Crippen LogP contribution in [0.3, 0.4) is 0 Å². The van der Waals surface area contributed by atoms with E-state index in [0.717, 1.165) is 53.4 Å². The minimum Gasteiger partial charge on any atom is -0.870 e. The molecular formula is C69H55F4KN2O25-2. The minimum absolute atomic E-state index is 0. The van der Waals surface area contributed by atoms with Crippen molar-refractivity contribution in [3.8, 4) is 90.9 Å². The fourth-order valence-electron chi connectivity index (χ4n) is 10.0. The number of carboxylic acids is 3. The Morgan fingerprint density at radius 1 is 0.446 bits per heavy atom. The van der Waals surface area contributed by atoms with Gasteiger partial charge in [0.1, 0.15) is 86.9 Å². The first kappa shape index (κ1) is 77.2. The summed E-state index contributed by atoms with van der Waals surface area (Å²) in [7, 11) is 3.60. The number of phenolic OH excluding ortho intramolecular Hbond substituents is 2. The van der Waals surface area contributed by atoms with Crippen molar-refractivity contribution < 1.29 is 180 Å². The molecule has 0 saturated heterocycles. The number of phenols is 2. The molecule has 4 aliphatic rings. The summed E-state index contributed by atoms with van der Waals surface area (Å²) in [6, 6.07) is 29.1. The van der Waals surface area contributed by atoms with Crippen molar-refractivity contribution >= 4 is 69.1 Å². The summed E-state index contributed by atoms with van der Waals surface area (Å²) in [6.45, 7) is -4.07. The Labute approximate surface area is 610 Å². The van der Waals surface area contributed by atoms with Crippen LogP contribution in [0.25, 0.3) is 66.8 Å². The van der Waals surface area contributed by atoms with Crippen LogP contribution in [0.4, 0.5) is 28.9 Å². The van der Waals surface area contributed by atoms with E-state index < -0.39 is 101 Å². The number of fused-ring (bicyclic) bond motifs is 4. The molecule has 0 saturated carbocycles. The average molecular weight is 1430 g/mol. The second kappa shape index (κ2) is 35.1. The number of esters is 3. The molecule has 0 spiro atoms. The smallest absolute Gasteiger partial charge is 0.870 e. The molecule has 101 heavy (non-hydrogen) atoms. The van der Waals surface area contributed by atoms with Gasteiger partial charge in [-0.15, -0.1) is 0 Å². The van der Waals surface area contributed by atoms with Crippen LogP contribution in [0.1, 0.15) is 0 Å². The zero-order chi connectivity index (χ0) is 71.2. The van der Waals surface area contributed by atoms with Gasteiger partial charge in [-0.3, -0.25) is 24.0 Å². The van der Waals surface area contributed by atoms with Gasteiger partial charge in [0.05, 0.1) is 51.2 Å². The Balaban J connectivity index is 0.000000278. The maximum absolute atomic E-state index is 14.7. The molecule has 2 aliphatic carbocycles. The number of para-hydroxylation sites is 4. The number of halogens is 4. The monoisotopic (exact) mass is 1430 g/mol. The van der Waals surface area contributed by atoms with Crippen LogP contribution >= 0.6 is 0 Å². The quantitative estimate of drug-likeness (QED) is 0.0158. The zero-order valence-electron chi connectivity index (χ0n) is 53.5. The van der Waals surface area contributed by atoms with E-state index in [4.69, 9.17) is 46.7 Å². The maximum atomic E-state index is 14.7. The van der Waals surface area contributed by atoms with Gasteiger partial charge in [-0.05, 0) is 83.9 Å². The molecule has 0 unspecified atom stereocenters. The van der Waals surface area contributed by atoms with Crippen molar-refractivity contribution in [3.63, 3.8) is 0 Å². The first-order valence-corrected chi connectivity index (χ1v) is 29.2. The van der Waals surface area contributed by atoms with Gasteiger partial charge in [0.25, 0.3) is 0 Å². The number of nitrogens with zero attached hydrogens (tertiary/aromatic N) is 2. The number of methoxy groups -OCH3 is 3. The van der Waals surface area contributed by atoms with E-state index in [9.17, 15) is 81.5 Å². The molecular weight excluding hydrogens is 1370 g/mol. The number of carbonyl (C=O) groups excluding carboxylic acids is 5. The molecule has 6 aromatic rings. The second-order valence-electron chi connectivity index (χ2n) is 20.9. The fraction of sp³-hybridized carbons (Fsp3) is 0.188. The molecule has 0 atom stereocenters. The summed E-state index contributed by atoms with van der Waals surface area (Å²) in [5.74, 6) is -11.3. The summed E-state index contributed by atoms with van der Waals surface area (Å²) >= 11 is 0. The predicted octanol–water partition coefficient (Wildman–Crippen LogP) is 3.31. The number of anilines is 2. The first-order chi connectivity index (χ1) is 47.4. The van der Waals surface area contributed by atoms with Crippen LogP contribution in [0.2, 0.25) is 0 Å². The molecule has 10 rings (SSSR count). The number of rotatable bonds is 28. The molecule has 6 aromatic carbocycles. The topological polar surface area (TPSA) is 389 Å². The van der Waals surface area contributed by atoms with E-state index >= 15 is 0 Å². The standard InChI is InChI=1S/C36H31F2NO12.C33H25F2NO12.K.H2O/c1-45-33(42)17-39(18-34(43)46-2)25-9-8-20(12-32(25)49-11-10-48-28-6-4-5-7-29(28)50-19-35(44)47-3)36-21-13-23(37)26(40)15-30(21)51-31-16-27(41)24(38)14-22(31)36;34-20-10-18-27(12-23(20)37)48-28-13-24(38)21(35)11-19(28)33(18)17-5-6-22(36(14-30(39)40)15-31(41)42)29(9-17)46-8-7-45-25-3-1-2-4-26(25)47-16-32(43)44;;/h4-9,12-16,40H,10-11,17-19H2,1-3H3;1-6,9-13,37H,7-8,14-16H2,(H,39,40)(H,41,42)(H,43,44);;1H2/q;;+1;/p-3. The van der Waals surface area contributed by atoms with Gasteiger partial charge in [-0.2, -0.15) is 0 Å². The molecule has 2 heterocycles. The van der Waals surface area contributed by atoms with Gasteiger partial charge >= 0.3 is 75.3 Å². The summed E-state index contributed by atoms with van der Waals surface area (Å²) in [5, 5.41) is 52.0. The normalized spacial score (nSPS) is 10.7. The molecule has 2 aliphatic heterocycles. The SMILES string of the molecule is COC(=O)COc1ccccc1OCCOc1cc(-c2c3cc(F)c(=O)cc-3oc3cc(O)c(F)cc23)ccc1N(CC(=O)OC)CC(=O)OC.O=C([O-])COc1ccccc1OCCOc1cc(-c2c3cc(F)c(=O)cc-3oc3cc(O)c(F)cc23)ccc1N(CC(=O)[O-])CC(=O)O.[K+].[OH-]. The van der Waals surface area contributed by atoms with Gasteiger partial charge in [0.2, 0.25) is 10.9 Å². The van der Waals surface area contributed by atoms with Gasteiger partial charge in [-0.25, -0.2) is 22.4 Å². The molecule has 0 radical (unpaired) electrons. The second-order valence-corrected chi connectivity index (χ2v) is 20.9. The summed E-state index contributed by atoms with van der Waals surface area (Å²) in [5.41, 5.74) is -0.721. The molecule has 32 heteroatoms. The van der Waals surface area contributed by atoms with Crippen LogP contribution in [0.5, 0.6) is 46.0 Å². The van der Waals surface area contributed by atoms with Crippen molar-refractivity contribution in [2.24, 2.45) is 0 Å². The Hall–Kier alpha value is -11.2. The van der Waals surface area contributed by atoms with E-state index in [1.165, 1.54) is 68.7 Å². The van der Waals surface area contributed by atoms with E-state index in [2.05, 4.69) is 4.74 Å². The average Bonchev–Trinajstić information content (AvgIpc) is 0.751. The third-order valence-corrected chi connectivity index (χ3v) is 14.4. The van der Waals surface area contributed by atoms with Crippen LogP contribution in [-0.4, -0.2) is 144 Å². The molecule has 522 valence electrons. The fourth-order valence-corrected chi connectivity index (χ4v) is 10.0. The number of ether oxygens (including phenoxy) is 9. The summed E-state index contributed by atoms with van der Waals surface area (Å²) < 4.78 is 119. The number of hydrogen-bond acceptors (Lipinski definition) is 26. The Kier molecular flexibility index (Phi) is 26.8. The molecule has 0 amide bonds. The molecule has 0 bridgehead atoms. The molecule has 0 aromatic heterocycles. The van der Waals surface area contributed by atoms with E-state index in [1.54, 1.807) is 42.5 Å². The largest absolute Gasteiger partial charge is 1.00 e. The van der Waals surface area contributed by atoms with Gasteiger partial charge in [0, 0.05) is 57.3 Å². The van der Waals surface area contributed by atoms with E-state index in [-0.39, 0.29) is 204 Å². The van der Waals surface area contributed by atoms with Crippen molar-refractivity contribution in [1.29, 1.82) is 0 Å². The first-order valence-electron chi connectivity index (χ1n) is 29.2. The van der Waals surface area contributed by atoms with E-state index in [1.807, 2.05) is 0 Å². The van der Waals surface area contributed by atoms with Crippen LogP contribution in [0, 0.1) is 23.3 Å². The molecule has 27 nitrogen and oxygen atoms in total. The summed E-state index contributed by atoms with van der Waals surface area (Å²) in [4.78, 5) is 97.0. The van der Waals surface area contributed by atoms with E-state index in [0.29, 0.717) is 11.3 Å². The number of carboxylic acid groups (broad SMARTS) is 3. The third-order valence-electron chi connectivity index (χ3n) is 14.4. The van der Waals surface area contributed by atoms with Gasteiger partial charge < -0.3 is 102 Å². The van der Waals surface area contributed by atoms with Crippen molar-refractivity contribution in [1.82, 2.24) is 0 Å². The maximum Gasteiger partial charge on any atom is 1.00 e. The molecule has 0 fully saturated rings. The number of benzene rings is 8. The minimum atomic E-state index is -1.59. The van der Waals surface area contributed by atoms with Crippen LogP contribution in [0.15, 0.2) is 152 Å². The number of aliphatic carboxylic acids is 3. The van der Waals surface area contributed by atoms with Crippen molar-refractivity contribution in [3.05, 3.63) is 177 Å². The Morgan fingerprint density at radius 3 is 1.20 bits per heavy atom. The van der Waals surface area contributed by atoms with Gasteiger partial charge in [0.15, 0.2) is 64.4 Å². The predicted molar refractivity (Wildman–Crippen MR) is 338 cm³/mol. The summed E-state index contributed by atoms with van der Waals surface area (Å²) in [6.07, 6.45) is 0. The van der Waals surface area contributed by atoms with Crippen LogP contribution < -0.4 is 111 Å². The third kappa shape index (κ3) is 19.2. The zero-order valence-corrected chi connectivity index (χ0v) is 56.7. The molecule has 4 N–H and O–H groups in total. The number of carbonyl (C=O) groups is 6. The van der Waals surface area contributed by atoms with Crippen LogP contribution in [-0.2, 0) is 43.0 Å². The Morgan fingerprint density at radius 2 is 0.822 bits per heavy atom. The number of hydrogen-bond donors (Lipinski definition) is 3. The van der Waals surface area contributed by atoms with Gasteiger partial charge in [-0.1, -0.05) is 36.4 Å². The van der Waals surface area contributed by atoms with Crippen molar-refractivity contribution in [2.45, 2.75) is 0 Å².